The van der Waals surface area contributed by atoms with Gasteiger partial charge in [0, 0.05) is 42.7 Å². The molecule has 1 saturated carbocycles. The van der Waals surface area contributed by atoms with Gasteiger partial charge in [-0.05, 0) is 61.0 Å². The zero-order chi connectivity index (χ0) is 23.6. The monoisotopic (exact) mass is 465 g/mol. The molecule has 1 fully saturated rings. The number of amides is 1. The van der Waals surface area contributed by atoms with Crippen molar-refractivity contribution in [2.45, 2.75) is 76.7 Å². The van der Waals surface area contributed by atoms with Gasteiger partial charge < -0.3 is 14.2 Å². The van der Waals surface area contributed by atoms with Crippen molar-refractivity contribution >= 4 is 40.4 Å². The minimum absolute atomic E-state index is 0.00414. The number of fused-ring (bicyclic) bond motifs is 1. The number of hydrogen-bond acceptors (Lipinski definition) is 5. The molecule has 2 aromatic heterocycles. The summed E-state index contributed by atoms with van der Waals surface area (Å²) >= 11 is 1.60. The van der Waals surface area contributed by atoms with E-state index in [1.807, 2.05) is 12.1 Å². The Hall–Kier alpha value is -2.54. The van der Waals surface area contributed by atoms with Crippen molar-refractivity contribution in [2.75, 3.05) is 16.7 Å². The predicted octanol–water partition coefficient (Wildman–Crippen LogP) is 6.41. The van der Waals surface area contributed by atoms with Gasteiger partial charge in [-0.3, -0.25) is 4.79 Å². The van der Waals surface area contributed by atoms with Gasteiger partial charge in [0.05, 0.1) is 11.0 Å². The highest BCUT2D eigenvalue weighted by molar-refractivity contribution is 8.00. The Morgan fingerprint density at radius 2 is 1.94 bits per heavy atom. The van der Waals surface area contributed by atoms with E-state index in [-0.39, 0.29) is 11.3 Å². The molecular formula is C26H35N5OS. The second-order valence-electron chi connectivity index (χ2n) is 10.1. The maximum absolute atomic E-state index is 11.2. The molecule has 3 aromatic rings. The van der Waals surface area contributed by atoms with E-state index in [2.05, 4.69) is 65.2 Å². The maximum atomic E-state index is 11.2. The molecule has 0 bridgehead atoms. The average Bonchev–Trinajstić information content (AvgIpc) is 3.13. The summed E-state index contributed by atoms with van der Waals surface area (Å²) < 4.78 is 4.61. The maximum Gasteiger partial charge on any atom is 0.222 e. The fourth-order valence-corrected chi connectivity index (χ4v) is 5.36. The van der Waals surface area contributed by atoms with E-state index < -0.39 is 0 Å². The third-order valence-electron chi connectivity index (χ3n) is 6.21. The molecule has 176 valence electrons. The molecule has 0 radical (unpaired) electrons. The highest BCUT2D eigenvalue weighted by atomic mass is 32.2. The van der Waals surface area contributed by atoms with Crippen LogP contribution in [0, 0.1) is 5.92 Å². The number of hydrogen-bond donors (Lipinski definition) is 1. The van der Waals surface area contributed by atoms with E-state index in [9.17, 15) is 4.79 Å². The van der Waals surface area contributed by atoms with Gasteiger partial charge in [0.25, 0.3) is 0 Å². The highest BCUT2D eigenvalue weighted by Crippen LogP contribution is 2.34. The van der Waals surface area contributed by atoms with Crippen LogP contribution in [0.2, 0.25) is 0 Å². The quantitative estimate of drug-likeness (QED) is 0.426. The molecule has 0 atom stereocenters. The summed E-state index contributed by atoms with van der Waals surface area (Å²) in [5.41, 5.74) is 3.38. The van der Waals surface area contributed by atoms with Gasteiger partial charge in [-0.1, -0.05) is 40.0 Å². The van der Waals surface area contributed by atoms with Crippen LogP contribution in [0.1, 0.15) is 65.6 Å². The van der Waals surface area contributed by atoms with Gasteiger partial charge in [0.15, 0.2) is 0 Å². The van der Waals surface area contributed by atoms with Gasteiger partial charge in [-0.2, -0.15) is 0 Å². The van der Waals surface area contributed by atoms with E-state index in [1.165, 1.54) is 50.4 Å². The fourth-order valence-electron chi connectivity index (χ4n) is 4.60. The number of carbonyl (C=O) groups excluding carboxylic acids is 1. The summed E-state index contributed by atoms with van der Waals surface area (Å²) in [6.45, 7) is 9.32. The number of imidazole rings is 1. The molecule has 0 unspecified atom stereocenters. The van der Waals surface area contributed by atoms with Gasteiger partial charge in [0.1, 0.15) is 11.6 Å². The minimum Gasteiger partial charge on any atom is -0.327 e. The lowest BCUT2D eigenvalue weighted by molar-refractivity contribution is -0.114. The standard InChI is InChI=1S/C26H35N5OS/c1-18(32)28-24-14-12-21(16-27-24)33-30(5)20-11-13-23-22(15-20)29-25(26(2,3)4)31(23)17-19-9-7-6-8-10-19/h11-16,19H,6-10,17H2,1-5H3,(H,27,28,32). The van der Waals surface area contributed by atoms with Crippen molar-refractivity contribution in [3.63, 3.8) is 0 Å². The molecule has 1 N–H and O–H groups in total. The van der Waals surface area contributed by atoms with E-state index in [0.29, 0.717) is 5.82 Å². The molecule has 0 aliphatic heterocycles. The van der Waals surface area contributed by atoms with Crippen LogP contribution in [-0.4, -0.2) is 27.5 Å². The lowest BCUT2D eigenvalue weighted by Gasteiger charge is -2.26. The Bertz CT molecular complexity index is 1110. The Morgan fingerprint density at radius 3 is 2.58 bits per heavy atom. The number of aromatic nitrogens is 3. The molecule has 2 heterocycles. The zero-order valence-electron chi connectivity index (χ0n) is 20.4. The Morgan fingerprint density at radius 1 is 1.18 bits per heavy atom. The smallest absolute Gasteiger partial charge is 0.222 e. The largest absolute Gasteiger partial charge is 0.327 e. The highest BCUT2D eigenvalue weighted by Gasteiger charge is 2.25. The fraction of sp³-hybridized carbons (Fsp3) is 0.500. The van der Waals surface area contributed by atoms with Crippen molar-refractivity contribution in [3.8, 4) is 0 Å². The second-order valence-corrected chi connectivity index (χ2v) is 11.3. The van der Waals surface area contributed by atoms with Crippen molar-refractivity contribution < 1.29 is 4.79 Å². The number of nitrogens with one attached hydrogen (secondary N) is 1. The zero-order valence-corrected chi connectivity index (χ0v) is 21.2. The first-order valence-corrected chi connectivity index (χ1v) is 12.6. The van der Waals surface area contributed by atoms with Crippen LogP contribution in [0.3, 0.4) is 0 Å². The summed E-state index contributed by atoms with van der Waals surface area (Å²) in [4.78, 5) is 21.6. The lowest BCUT2D eigenvalue weighted by atomic mass is 9.88. The number of pyridine rings is 1. The van der Waals surface area contributed by atoms with Crippen molar-refractivity contribution in [3.05, 3.63) is 42.4 Å². The van der Waals surface area contributed by atoms with E-state index in [4.69, 9.17) is 4.98 Å². The van der Waals surface area contributed by atoms with Crippen molar-refractivity contribution in [1.82, 2.24) is 14.5 Å². The van der Waals surface area contributed by atoms with E-state index in [0.717, 1.165) is 28.6 Å². The summed E-state index contributed by atoms with van der Waals surface area (Å²) in [6, 6.07) is 10.4. The first kappa shape index (κ1) is 23.6. The summed E-state index contributed by atoms with van der Waals surface area (Å²) in [7, 11) is 2.05. The van der Waals surface area contributed by atoms with Crippen LogP contribution in [-0.2, 0) is 16.8 Å². The first-order chi connectivity index (χ1) is 15.7. The minimum atomic E-state index is -0.120. The molecule has 7 heteroatoms. The SMILES string of the molecule is CC(=O)Nc1ccc(SN(C)c2ccc3c(c2)nc(C(C)(C)C)n3CC2CCCCC2)cn1. The second kappa shape index (κ2) is 9.75. The summed E-state index contributed by atoms with van der Waals surface area (Å²) in [5, 5.41) is 2.70. The van der Waals surface area contributed by atoms with Crippen LogP contribution in [0.15, 0.2) is 41.4 Å². The molecule has 6 nitrogen and oxygen atoms in total. The van der Waals surface area contributed by atoms with Gasteiger partial charge in [0.2, 0.25) is 5.91 Å². The third kappa shape index (κ3) is 5.69. The number of nitrogens with zero attached hydrogens (tertiary/aromatic N) is 4. The molecule has 1 aliphatic carbocycles. The topological polar surface area (TPSA) is 63.1 Å². The summed E-state index contributed by atoms with van der Waals surface area (Å²) in [6.07, 6.45) is 8.53. The molecule has 1 aliphatic rings. The predicted molar refractivity (Wildman–Crippen MR) is 138 cm³/mol. The van der Waals surface area contributed by atoms with Crippen LogP contribution in [0.5, 0.6) is 0 Å². The Kier molecular flexibility index (Phi) is 6.98. The van der Waals surface area contributed by atoms with Gasteiger partial charge in [-0.25, -0.2) is 9.97 Å². The number of rotatable bonds is 6. The molecule has 4 rings (SSSR count). The molecule has 0 spiro atoms. The average molecular weight is 466 g/mol. The van der Waals surface area contributed by atoms with Crippen molar-refractivity contribution in [1.29, 1.82) is 0 Å². The Balaban J connectivity index is 1.57. The van der Waals surface area contributed by atoms with Crippen LogP contribution < -0.4 is 9.62 Å². The molecular weight excluding hydrogens is 430 g/mol. The van der Waals surface area contributed by atoms with E-state index >= 15 is 0 Å². The molecule has 1 aromatic carbocycles. The van der Waals surface area contributed by atoms with Crippen LogP contribution in [0.25, 0.3) is 11.0 Å². The molecule has 0 saturated heterocycles. The normalized spacial score (nSPS) is 15.1. The number of carbonyl (C=O) groups is 1. The third-order valence-corrected chi connectivity index (χ3v) is 7.15. The van der Waals surface area contributed by atoms with Crippen molar-refractivity contribution in [2.24, 2.45) is 5.92 Å². The number of anilines is 2. The molecule has 33 heavy (non-hydrogen) atoms. The Labute approximate surface area is 201 Å². The molecule has 1 amide bonds. The first-order valence-electron chi connectivity index (χ1n) is 11.9. The van der Waals surface area contributed by atoms with E-state index in [1.54, 1.807) is 18.1 Å². The summed E-state index contributed by atoms with van der Waals surface area (Å²) in [5.74, 6) is 2.37. The number of benzene rings is 1. The van der Waals surface area contributed by atoms with Gasteiger partial charge in [-0.15, -0.1) is 0 Å². The van der Waals surface area contributed by atoms with Crippen LogP contribution >= 0.6 is 11.9 Å². The van der Waals surface area contributed by atoms with Crippen LogP contribution in [0.4, 0.5) is 11.5 Å². The lowest BCUT2D eigenvalue weighted by Crippen LogP contribution is -2.22. The van der Waals surface area contributed by atoms with Gasteiger partial charge >= 0.3 is 0 Å².